The van der Waals surface area contributed by atoms with Gasteiger partial charge < -0.3 is 10.8 Å². The number of carboxylic acids is 1. The zero-order valence-corrected chi connectivity index (χ0v) is 12.5. The third-order valence-electron chi connectivity index (χ3n) is 0.641. The quantitative estimate of drug-likeness (QED) is 0.352. The molecule has 52 valence electrons. The Morgan fingerprint density at radius 2 is 2.00 bits per heavy atom. The van der Waals surface area contributed by atoms with Gasteiger partial charge in [-0.1, -0.05) is 24.0 Å². The first-order valence-corrected chi connectivity index (χ1v) is 3.51. The van der Waals surface area contributed by atoms with Crippen LogP contribution in [0, 0.1) is 0 Å². The van der Waals surface area contributed by atoms with Crippen molar-refractivity contribution in [3.05, 3.63) is 0 Å². The van der Waals surface area contributed by atoms with Gasteiger partial charge in [0.1, 0.15) is 9.57 Å². The van der Waals surface area contributed by atoms with Crippen LogP contribution in [0.5, 0.6) is 0 Å². The van der Waals surface area contributed by atoms with E-state index in [4.69, 9.17) is 10.8 Å². The summed E-state index contributed by atoms with van der Waals surface area (Å²) in [6, 6.07) is 0. The van der Waals surface area contributed by atoms with Gasteiger partial charge in [-0.25, -0.2) is 0 Å². The van der Waals surface area contributed by atoms with E-state index in [-0.39, 0.29) is 63.4 Å². The standard InChI is InChI=1S/C4H7NO2S2.2Na/c1-2(3(6)7)9-4(5)8;;/h2H,1H3,(H2,5,8)(H,6,7);;/q;2*+1. The number of hydrogen-bond acceptors (Lipinski definition) is 3. The largest absolute Gasteiger partial charge is 1.00 e. The minimum Gasteiger partial charge on any atom is -0.480 e. The van der Waals surface area contributed by atoms with E-state index in [1.807, 2.05) is 0 Å². The van der Waals surface area contributed by atoms with Gasteiger partial charge in [-0.15, -0.1) is 0 Å². The second kappa shape index (κ2) is 9.80. The predicted molar refractivity (Wildman–Crippen MR) is 41.5 cm³/mol. The smallest absolute Gasteiger partial charge is 0.480 e. The maximum absolute atomic E-state index is 10.1. The molecule has 0 bridgehead atoms. The van der Waals surface area contributed by atoms with Crippen molar-refractivity contribution in [2.24, 2.45) is 5.73 Å². The summed E-state index contributed by atoms with van der Waals surface area (Å²) in [4.78, 5) is 10.1. The van der Waals surface area contributed by atoms with E-state index in [1.54, 1.807) is 0 Å². The van der Waals surface area contributed by atoms with E-state index in [1.165, 1.54) is 6.92 Å². The molecule has 0 spiro atoms. The minimum absolute atomic E-state index is 0. The summed E-state index contributed by atoms with van der Waals surface area (Å²) in [5, 5.41) is 7.76. The van der Waals surface area contributed by atoms with E-state index in [9.17, 15) is 4.79 Å². The third kappa shape index (κ3) is 11.7. The van der Waals surface area contributed by atoms with Crippen LogP contribution >= 0.6 is 24.0 Å². The first-order valence-electron chi connectivity index (χ1n) is 2.23. The van der Waals surface area contributed by atoms with Crippen molar-refractivity contribution in [3.8, 4) is 0 Å². The molecule has 1 atom stereocenters. The zero-order chi connectivity index (χ0) is 7.44. The average molecular weight is 211 g/mol. The summed E-state index contributed by atoms with van der Waals surface area (Å²) >= 11 is 5.44. The van der Waals surface area contributed by atoms with Crippen molar-refractivity contribution in [1.29, 1.82) is 0 Å². The normalized spacial score (nSPS) is 10.3. The molecule has 0 fully saturated rings. The van der Waals surface area contributed by atoms with Crippen LogP contribution < -0.4 is 64.8 Å². The van der Waals surface area contributed by atoms with Gasteiger partial charge in [0, 0.05) is 0 Å². The van der Waals surface area contributed by atoms with Crippen LogP contribution in [0.25, 0.3) is 0 Å². The molecule has 0 aromatic heterocycles. The van der Waals surface area contributed by atoms with Gasteiger partial charge in [0.05, 0.1) is 0 Å². The number of aliphatic carboxylic acids is 1. The third-order valence-corrected chi connectivity index (χ3v) is 1.72. The van der Waals surface area contributed by atoms with Gasteiger partial charge in [-0.05, 0) is 6.92 Å². The molecule has 0 amide bonds. The first-order chi connectivity index (χ1) is 4.04. The van der Waals surface area contributed by atoms with Crippen molar-refractivity contribution < 1.29 is 69.0 Å². The Hall–Kier alpha value is 1.71. The number of hydrogen-bond donors (Lipinski definition) is 2. The van der Waals surface area contributed by atoms with Crippen LogP contribution in [0.15, 0.2) is 0 Å². The van der Waals surface area contributed by atoms with Crippen molar-refractivity contribution in [1.82, 2.24) is 0 Å². The fraction of sp³-hybridized carbons (Fsp3) is 0.500. The molecule has 0 saturated carbocycles. The Morgan fingerprint density at radius 3 is 2.09 bits per heavy atom. The fourth-order valence-electron chi connectivity index (χ4n) is 0.225. The number of rotatable bonds is 2. The second-order valence-electron chi connectivity index (χ2n) is 1.42. The molecule has 0 aromatic carbocycles. The zero-order valence-electron chi connectivity index (χ0n) is 6.83. The van der Waals surface area contributed by atoms with Gasteiger partial charge in [0.25, 0.3) is 0 Å². The monoisotopic (exact) mass is 211 g/mol. The Bertz CT molecular complexity index is 144. The fourth-order valence-corrected chi connectivity index (χ4v) is 1.11. The molecule has 0 heterocycles. The molecule has 0 aliphatic rings. The minimum atomic E-state index is -0.896. The summed E-state index contributed by atoms with van der Waals surface area (Å²) in [6.07, 6.45) is 0. The Morgan fingerprint density at radius 1 is 1.64 bits per heavy atom. The average Bonchev–Trinajstić information content (AvgIpc) is 1.63. The molecule has 0 radical (unpaired) electrons. The van der Waals surface area contributed by atoms with E-state index in [2.05, 4.69) is 12.2 Å². The number of carboxylic acid groups (broad SMARTS) is 1. The molecule has 0 aliphatic carbocycles. The molecular weight excluding hydrogens is 204 g/mol. The molecule has 0 aromatic rings. The number of thioether (sulfide) groups is 1. The van der Waals surface area contributed by atoms with Crippen LogP contribution in [-0.2, 0) is 4.79 Å². The molecule has 0 saturated heterocycles. The number of carbonyl (C=O) groups is 1. The molecule has 0 rings (SSSR count). The molecule has 7 heteroatoms. The van der Waals surface area contributed by atoms with Crippen molar-refractivity contribution >= 4 is 34.3 Å². The summed E-state index contributed by atoms with van der Waals surface area (Å²) in [5.74, 6) is -0.896. The maximum atomic E-state index is 10.1. The van der Waals surface area contributed by atoms with Gasteiger partial charge >= 0.3 is 65.1 Å². The summed E-state index contributed by atoms with van der Waals surface area (Å²) in [6.45, 7) is 1.53. The van der Waals surface area contributed by atoms with Crippen molar-refractivity contribution in [2.75, 3.05) is 0 Å². The van der Waals surface area contributed by atoms with E-state index in [0.29, 0.717) is 0 Å². The van der Waals surface area contributed by atoms with Gasteiger partial charge in [0.15, 0.2) is 0 Å². The topological polar surface area (TPSA) is 63.3 Å². The van der Waals surface area contributed by atoms with E-state index >= 15 is 0 Å². The number of nitrogens with two attached hydrogens (primary N) is 1. The van der Waals surface area contributed by atoms with Gasteiger partial charge in [-0.3, -0.25) is 4.79 Å². The van der Waals surface area contributed by atoms with Crippen molar-refractivity contribution in [3.63, 3.8) is 0 Å². The maximum Gasteiger partial charge on any atom is 1.00 e. The van der Waals surface area contributed by atoms with Crippen molar-refractivity contribution in [2.45, 2.75) is 12.2 Å². The molecule has 0 aliphatic heterocycles. The van der Waals surface area contributed by atoms with Crippen LogP contribution in [0.3, 0.4) is 0 Å². The van der Waals surface area contributed by atoms with Gasteiger partial charge in [-0.2, -0.15) is 0 Å². The van der Waals surface area contributed by atoms with Crippen LogP contribution in [0.1, 0.15) is 6.92 Å². The Balaban J connectivity index is -0.000000320. The SMILES string of the molecule is CC(SC(N)=S)C(=O)O.[Na+].[Na+]. The molecule has 3 N–H and O–H groups in total. The second-order valence-corrected chi connectivity index (χ2v) is 3.50. The number of thiocarbonyl (C=S) groups is 1. The molecular formula is C4H7NNa2O2S2+2. The van der Waals surface area contributed by atoms with Crippen LogP contribution in [-0.4, -0.2) is 20.6 Å². The summed E-state index contributed by atoms with van der Waals surface area (Å²) in [5.41, 5.74) is 5.06. The van der Waals surface area contributed by atoms with Crippen LogP contribution in [0.2, 0.25) is 0 Å². The molecule has 1 unspecified atom stereocenters. The summed E-state index contributed by atoms with van der Waals surface area (Å²) < 4.78 is 0.171. The first kappa shape index (κ1) is 18.5. The van der Waals surface area contributed by atoms with Gasteiger partial charge in [0.2, 0.25) is 0 Å². The van der Waals surface area contributed by atoms with E-state index in [0.717, 1.165) is 11.8 Å². The molecule has 11 heavy (non-hydrogen) atoms. The summed E-state index contributed by atoms with van der Waals surface area (Å²) in [7, 11) is 0. The predicted octanol–water partition coefficient (Wildman–Crippen LogP) is -5.56. The van der Waals surface area contributed by atoms with Crippen LogP contribution in [0.4, 0.5) is 0 Å². The molecule has 3 nitrogen and oxygen atoms in total. The van der Waals surface area contributed by atoms with E-state index < -0.39 is 11.2 Å². The Labute approximate surface area is 119 Å². The Kier molecular flexibility index (Phi) is 16.5.